The van der Waals surface area contributed by atoms with Gasteiger partial charge in [0.2, 0.25) is 11.8 Å². The third-order valence-corrected chi connectivity index (χ3v) is 4.49. The molecule has 120 valence electrons. The van der Waals surface area contributed by atoms with Crippen LogP contribution in [0.25, 0.3) is 0 Å². The van der Waals surface area contributed by atoms with Crippen molar-refractivity contribution in [2.24, 2.45) is 0 Å². The summed E-state index contributed by atoms with van der Waals surface area (Å²) in [5.41, 5.74) is 1.76. The number of nitrogens with one attached hydrogen (secondary N) is 2. The van der Waals surface area contributed by atoms with E-state index in [0.29, 0.717) is 6.42 Å². The van der Waals surface area contributed by atoms with Gasteiger partial charge in [0, 0.05) is 23.2 Å². The van der Waals surface area contributed by atoms with Gasteiger partial charge in [-0.15, -0.1) is 0 Å². The minimum absolute atomic E-state index is 0.0144. The van der Waals surface area contributed by atoms with Crippen molar-refractivity contribution in [2.45, 2.75) is 38.7 Å². The zero-order chi connectivity index (χ0) is 15.9. The monoisotopic (exact) mass is 368 g/mol. The molecule has 22 heavy (non-hydrogen) atoms. The van der Waals surface area contributed by atoms with Crippen LogP contribution in [0.15, 0.2) is 22.7 Å². The van der Waals surface area contributed by atoms with Crippen LogP contribution < -0.4 is 10.6 Å². The van der Waals surface area contributed by atoms with Crippen LogP contribution in [0.3, 0.4) is 0 Å². The van der Waals surface area contributed by atoms with Crippen molar-refractivity contribution < 1.29 is 14.3 Å². The Labute approximate surface area is 138 Å². The minimum atomic E-state index is -0.229. The van der Waals surface area contributed by atoms with Gasteiger partial charge in [-0.1, -0.05) is 15.9 Å². The number of rotatable bonds is 6. The fourth-order valence-electron chi connectivity index (χ4n) is 2.36. The number of amides is 2. The molecule has 1 saturated heterocycles. The number of halogens is 1. The molecule has 1 atom stereocenters. The molecule has 0 spiro atoms. The van der Waals surface area contributed by atoms with Crippen LogP contribution in [0.5, 0.6) is 0 Å². The summed E-state index contributed by atoms with van der Waals surface area (Å²) in [6.45, 7) is 2.73. The summed E-state index contributed by atoms with van der Waals surface area (Å²) >= 11 is 3.41. The molecular weight excluding hydrogens is 348 g/mol. The van der Waals surface area contributed by atoms with Gasteiger partial charge in [-0.2, -0.15) is 0 Å². The minimum Gasteiger partial charge on any atom is -0.378 e. The van der Waals surface area contributed by atoms with E-state index in [9.17, 15) is 9.59 Å². The van der Waals surface area contributed by atoms with E-state index in [-0.39, 0.29) is 24.5 Å². The van der Waals surface area contributed by atoms with Crippen molar-refractivity contribution in [3.8, 4) is 0 Å². The van der Waals surface area contributed by atoms with Crippen LogP contribution in [0, 0.1) is 6.92 Å². The summed E-state index contributed by atoms with van der Waals surface area (Å²) in [7, 11) is 0. The highest BCUT2D eigenvalue weighted by atomic mass is 79.9. The first-order valence-electron chi connectivity index (χ1n) is 7.49. The molecule has 0 saturated carbocycles. The molecule has 0 aromatic heterocycles. The van der Waals surface area contributed by atoms with Crippen LogP contribution >= 0.6 is 15.9 Å². The number of anilines is 1. The van der Waals surface area contributed by atoms with E-state index in [1.54, 1.807) is 0 Å². The standard InChI is InChI=1S/C16H21BrN2O3/c1-11-9-12(4-6-14(11)17)19-16(21)10-18-15(20)7-5-13-3-2-8-22-13/h4,6,9,13H,2-3,5,7-8,10H2,1H3,(H,18,20)(H,19,21). The van der Waals surface area contributed by atoms with Crippen LogP contribution in [-0.4, -0.2) is 31.1 Å². The first-order chi connectivity index (χ1) is 10.5. The molecule has 2 rings (SSSR count). The molecule has 6 heteroatoms. The largest absolute Gasteiger partial charge is 0.378 e. The van der Waals surface area contributed by atoms with E-state index in [4.69, 9.17) is 4.74 Å². The lowest BCUT2D eigenvalue weighted by Gasteiger charge is -2.10. The van der Waals surface area contributed by atoms with Crippen molar-refractivity contribution in [1.29, 1.82) is 0 Å². The van der Waals surface area contributed by atoms with Gasteiger partial charge in [0.15, 0.2) is 0 Å². The first kappa shape index (κ1) is 17.0. The fraction of sp³-hybridized carbons (Fsp3) is 0.500. The number of carbonyl (C=O) groups excluding carboxylic acids is 2. The Morgan fingerprint density at radius 3 is 2.86 bits per heavy atom. The number of ether oxygens (including phenoxy) is 1. The lowest BCUT2D eigenvalue weighted by Crippen LogP contribution is -2.33. The lowest BCUT2D eigenvalue weighted by molar-refractivity contribution is -0.124. The van der Waals surface area contributed by atoms with Crippen molar-refractivity contribution in [1.82, 2.24) is 5.32 Å². The van der Waals surface area contributed by atoms with E-state index < -0.39 is 0 Å². The maximum atomic E-state index is 11.8. The number of aryl methyl sites for hydroxylation is 1. The van der Waals surface area contributed by atoms with Crippen LogP contribution in [-0.2, 0) is 14.3 Å². The smallest absolute Gasteiger partial charge is 0.243 e. The Hall–Kier alpha value is -1.40. The summed E-state index contributed by atoms with van der Waals surface area (Å²) in [5, 5.41) is 5.40. The summed E-state index contributed by atoms with van der Waals surface area (Å²) in [6, 6.07) is 5.57. The second-order valence-electron chi connectivity index (χ2n) is 5.46. The van der Waals surface area contributed by atoms with Crippen molar-refractivity contribution in [3.05, 3.63) is 28.2 Å². The quantitative estimate of drug-likeness (QED) is 0.810. The van der Waals surface area contributed by atoms with E-state index in [1.807, 2.05) is 25.1 Å². The SMILES string of the molecule is Cc1cc(NC(=O)CNC(=O)CCC2CCCO2)ccc1Br. The van der Waals surface area contributed by atoms with Gasteiger partial charge in [0.25, 0.3) is 0 Å². The van der Waals surface area contributed by atoms with Crippen LogP contribution in [0.2, 0.25) is 0 Å². The predicted octanol–water partition coefficient (Wildman–Crippen LogP) is 2.77. The molecule has 2 amide bonds. The van der Waals surface area contributed by atoms with Crippen molar-refractivity contribution in [3.63, 3.8) is 0 Å². The molecule has 1 aromatic carbocycles. The highest BCUT2D eigenvalue weighted by Crippen LogP contribution is 2.20. The van der Waals surface area contributed by atoms with Gasteiger partial charge in [0.1, 0.15) is 0 Å². The van der Waals surface area contributed by atoms with Gasteiger partial charge < -0.3 is 15.4 Å². The second-order valence-corrected chi connectivity index (χ2v) is 6.32. The molecule has 1 unspecified atom stereocenters. The Bertz CT molecular complexity index is 542. The van der Waals surface area contributed by atoms with E-state index in [0.717, 1.165) is 41.6 Å². The average Bonchev–Trinajstić information content (AvgIpc) is 3.00. The summed E-state index contributed by atoms with van der Waals surface area (Å²) in [6.07, 6.45) is 3.41. The van der Waals surface area contributed by atoms with E-state index in [2.05, 4.69) is 26.6 Å². The normalized spacial score (nSPS) is 17.3. The highest BCUT2D eigenvalue weighted by Gasteiger charge is 2.16. The fourth-order valence-corrected chi connectivity index (χ4v) is 2.61. The summed E-state index contributed by atoms with van der Waals surface area (Å²) in [5.74, 6) is -0.343. The summed E-state index contributed by atoms with van der Waals surface area (Å²) < 4.78 is 6.46. The number of carbonyl (C=O) groups is 2. The summed E-state index contributed by atoms with van der Waals surface area (Å²) in [4.78, 5) is 23.5. The first-order valence-corrected chi connectivity index (χ1v) is 8.28. The lowest BCUT2D eigenvalue weighted by atomic mass is 10.1. The zero-order valence-corrected chi connectivity index (χ0v) is 14.2. The molecule has 0 aliphatic carbocycles. The average molecular weight is 369 g/mol. The molecule has 1 aromatic rings. The Kier molecular flexibility index (Phi) is 6.39. The molecule has 1 heterocycles. The van der Waals surface area contributed by atoms with Gasteiger partial charge >= 0.3 is 0 Å². The Balaban J connectivity index is 1.68. The zero-order valence-electron chi connectivity index (χ0n) is 12.7. The second kappa shape index (κ2) is 8.29. The maximum Gasteiger partial charge on any atom is 0.243 e. The molecule has 0 bridgehead atoms. The van der Waals surface area contributed by atoms with Gasteiger partial charge in [-0.3, -0.25) is 9.59 Å². The molecule has 1 aliphatic heterocycles. The molecule has 5 nitrogen and oxygen atoms in total. The third-order valence-electron chi connectivity index (χ3n) is 3.61. The highest BCUT2D eigenvalue weighted by molar-refractivity contribution is 9.10. The number of hydrogen-bond acceptors (Lipinski definition) is 3. The molecule has 1 aliphatic rings. The number of benzene rings is 1. The van der Waals surface area contributed by atoms with E-state index >= 15 is 0 Å². The molecular formula is C16H21BrN2O3. The number of hydrogen-bond donors (Lipinski definition) is 2. The van der Waals surface area contributed by atoms with Crippen molar-refractivity contribution in [2.75, 3.05) is 18.5 Å². The molecule has 2 N–H and O–H groups in total. The Morgan fingerprint density at radius 2 is 2.18 bits per heavy atom. The molecule has 0 radical (unpaired) electrons. The van der Waals surface area contributed by atoms with Crippen LogP contribution in [0.4, 0.5) is 5.69 Å². The Morgan fingerprint density at radius 1 is 1.36 bits per heavy atom. The van der Waals surface area contributed by atoms with E-state index in [1.165, 1.54) is 0 Å². The van der Waals surface area contributed by atoms with Crippen molar-refractivity contribution >= 4 is 33.4 Å². The van der Waals surface area contributed by atoms with Crippen LogP contribution in [0.1, 0.15) is 31.2 Å². The third kappa shape index (κ3) is 5.42. The predicted molar refractivity (Wildman–Crippen MR) is 88.7 cm³/mol. The van der Waals surface area contributed by atoms with Gasteiger partial charge in [0.05, 0.1) is 12.6 Å². The van der Waals surface area contributed by atoms with Gasteiger partial charge in [-0.25, -0.2) is 0 Å². The van der Waals surface area contributed by atoms with Gasteiger partial charge in [-0.05, 0) is 49.9 Å². The topological polar surface area (TPSA) is 67.4 Å². The maximum absolute atomic E-state index is 11.8. The molecule has 1 fully saturated rings.